The van der Waals surface area contributed by atoms with Gasteiger partial charge in [-0.15, -0.1) is 0 Å². The SMILES string of the molecule is CN1C2CCC1CN(CN1CC3CC1CN3)C2. The van der Waals surface area contributed by atoms with Crippen LogP contribution in [0.1, 0.15) is 19.3 Å². The lowest BCUT2D eigenvalue weighted by Gasteiger charge is -2.41. The van der Waals surface area contributed by atoms with Gasteiger partial charge in [0.25, 0.3) is 0 Å². The van der Waals surface area contributed by atoms with E-state index >= 15 is 0 Å². The van der Waals surface area contributed by atoms with Crippen LogP contribution in [0.3, 0.4) is 0 Å². The Morgan fingerprint density at radius 2 is 1.82 bits per heavy atom. The third kappa shape index (κ3) is 1.73. The highest BCUT2D eigenvalue weighted by atomic mass is 15.4. The molecule has 1 N–H and O–H groups in total. The van der Waals surface area contributed by atoms with E-state index in [4.69, 9.17) is 0 Å². The van der Waals surface area contributed by atoms with Crippen molar-refractivity contribution < 1.29 is 0 Å². The smallest absolute Gasteiger partial charge is 0.0511 e. The monoisotopic (exact) mass is 236 g/mol. The Labute approximate surface area is 104 Å². The van der Waals surface area contributed by atoms with Crippen molar-refractivity contribution in [3.8, 4) is 0 Å². The molecule has 4 atom stereocenters. The van der Waals surface area contributed by atoms with E-state index < -0.39 is 0 Å². The zero-order chi connectivity index (χ0) is 11.4. The van der Waals surface area contributed by atoms with Gasteiger partial charge in [-0.3, -0.25) is 14.7 Å². The second-order valence-electron chi connectivity index (χ2n) is 6.49. The highest BCUT2D eigenvalue weighted by molar-refractivity contribution is 4.99. The Bertz CT molecular complexity index is 294. The maximum absolute atomic E-state index is 3.59. The van der Waals surface area contributed by atoms with Crippen LogP contribution in [0.2, 0.25) is 0 Å². The summed E-state index contributed by atoms with van der Waals surface area (Å²) in [6.45, 7) is 6.34. The molecule has 0 aromatic rings. The number of piperazine rings is 2. The van der Waals surface area contributed by atoms with Crippen molar-refractivity contribution in [1.29, 1.82) is 0 Å². The molecule has 0 aliphatic carbocycles. The Kier molecular flexibility index (Phi) is 2.47. The molecular formula is C13H24N4. The largest absolute Gasteiger partial charge is 0.311 e. The quantitative estimate of drug-likeness (QED) is 0.715. The van der Waals surface area contributed by atoms with Gasteiger partial charge >= 0.3 is 0 Å². The van der Waals surface area contributed by atoms with Gasteiger partial charge in [-0.25, -0.2) is 0 Å². The molecule has 0 amide bonds. The molecule has 96 valence electrons. The van der Waals surface area contributed by atoms with Crippen molar-refractivity contribution in [3.63, 3.8) is 0 Å². The molecule has 4 rings (SSSR count). The van der Waals surface area contributed by atoms with Gasteiger partial charge in [-0.1, -0.05) is 0 Å². The van der Waals surface area contributed by atoms with E-state index in [-0.39, 0.29) is 0 Å². The Balaban J connectivity index is 1.38. The summed E-state index contributed by atoms with van der Waals surface area (Å²) in [6, 6.07) is 3.31. The maximum Gasteiger partial charge on any atom is 0.0511 e. The first-order chi connectivity index (χ1) is 8.29. The van der Waals surface area contributed by atoms with Gasteiger partial charge in [0.2, 0.25) is 0 Å². The summed E-state index contributed by atoms with van der Waals surface area (Å²) in [7, 11) is 2.32. The van der Waals surface area contributed by atoms with E-state index in [1.807, 2.05) is 0 Å². The predicted octanol–water partition coefficient (Wildman–Crippen LogP) is -0.232. The molecule has 4 saturated heterocycles. The molecule has 4 heteroatoms. The molecular weight excluding hydrogens is 212 g/mol. The number of hydrogen-bond donors (Lipinski definition) is 1. The minimum atomic E-state index is 0.796. The first-order valence-electron chi connectivity index (χ1n) is 7.21. The molecule has 17 heavy (non-hydrogen) atoms. The minimum Gasteiger partial charge on any atom is -0.311 e. The van der Waals surface area contributed by atoms with Crippen molar-refractivity contribution in [2.45, 2.75) is 43.4 Å². The fourth-order valence-electron chi connectivity index (χ4n) is 4.39. The number of nitrogens with zero attached hydrogens (tertiary/aromatic N) is 3. The number of likely N-dealkylation sites (N-methyl/N-ethyl adjacent to an activating group) is 1. The third-order valence-corrected chi connectivity index (χ3v) is 5.47. The molecule has 4 nitrogen and oxygen atoms in total. The minimum absolute atomic E-state index is 0.796. The normalized spacial score (nSPS) is 47.1. The number of rotatable bonds is 2. The summed E-state index contributed by atoms with van der Waals surface area (Å²) in [5.74, 6) is 0. The van der Waals surface area contributed by atoms with Crippen LogP contribution in [0, 0.1) is 0 Å². The highest BCUT2D eigenvalue weighted by Gasteiger charge is 2.41. The lowest BCUT2D eigenvalue weighted by Crippen LogP contribution is -2.56. The molecule has 4 aliphatic rings. The molecule has 0 saturated carbocycles. The zero-order valence-corrected chi connectivity index (χ0v) is 10.8. The zero-order valence-electron chi connectivity index (χ0n) is 10.8. The summed E-state index contributed by atoms with van der Waals surface area (Å²) in [4.78, 5) is 8.04. The number of hydrogen-bond acceptors (Lipinski definition) is 4. The van der Waals surface area contributed by atoms with Crippen molar-refractivity contribution in [2.75, 3.05) is 39.9 Å². The average Bonchev–Trinajstić information content (AvgIpc) is 2.95. The van der Waals surface area contributed by atoms with E-state index in [1.165, 1.54) is 52.1 Å². The van der Waals surface area contributed by atoms with Crippen LogP contribution in [0.25, 0.3) is 0 Å². The summed E-state index contributed by atoms with van der Waals surface area (Å²) in [6.07, 6.45) is 4.23. The standard InChI is InChI=1S/C13H24N4/c1-15-11-2-3-12(15)8-16(7-11)9-17-6-10-4-13(17)5-14-10/h10-14H,2-9H2,1H3. The Morgan fingerprint density at radius 3 is 2.41 bits per heavy atom. The van der Waals surface area contributed by atoms with Gasteiger partial charge in [-0.2, -0.15) is 0 Å². The second kappa shape index (κ2) is 3.92. The summed E-state index contributed by atoms with van der Waals surface area (Å²) < 4.78 is 0. The average molecular weight is 236 g/mol. The van der Waals surface area contributed by atoms with E-state index in [9.17, 15) is 0 Å². The first-order valence-corrected chi connectivity index (χ1v) is 7.21. The lowest BCUT2D eigenvalue weighted by atomic mass is 10.2. The number of likely N-dealkylation sites (tertiary alicyclic amines) is 2. The van der Waals surface area contributed by atoms with Crippen LogP contribution in [0.4, 0.5) is 0 Å². The van der Waals surface area contributed by atoms with E-state index in [1.54, 1.807) is 0 Å². The van der Waals surface area contributed by atoms with Crippen LogP contribution in [-0.2, 0) is 0 Å². The fourth-order valence-corrected chi connectivity index (χ4v) is 4.39. The molecule has 4 unspecified atom stereocenters. The van der Waals surface area contributed by atoms with E-state index in [0.29, 0.717) is 0 Å². The molecule has 4 bridgehead atoms. The van der Waals surface area contributed by atoms with Crippen molar-refractivity contribution in [2.24, 2.45) is 0 Å². The van der Waals surface area contributed by atoms with Crippen LogP contribution in [-0.4, -0.2) is 78.8 Å². The predicted molar refractivity (Wildman–Crippen MR) is 67.9 cm³/mol. The number of nitrogens with one attached hydrogen (secondary N) is 1. The molecule has 0 radical (unpaired) electrons. The van der Waals surface area contributed by atoms with Crippen LogP contribution >= 0.6 is 0 Å². The fraction of sp³-hybridized carbons (Fsp3) is 1.00. The van der Waals surface area contributed by atoms with E-state index in [2.05, 4.69) is 27.1 Å². The third-order valence-electron chi connectivity index (χ3n) is 5.47. The van der Waals surface area contributed by atoms with Crippen LogP contribution < -0.4 is 5.32 Å². The van der Waals surface area contributed by atoms with Gasteiger partial charge in [0.1, 0.15) is 0 Å². The van der Waals surface area contributed by atoms with Gasteiger partial charge < -0.3 is 5.32 Å². The van der Waals surface area contributed by atoms with Gasteiger partial charge in [0, 0.05) is 50.3 Å². The summed E-state index contributed by atoms with van der Waals surface area (Å²) >= 11 is 0. The first kappa shape index (κ1) is 10.7. The lowest BCUT2D eigenvalue weighted by molar-refractivity contribution is 0.0356. The highest BCUT2D eigenvalue weighted by Crippen LogP contribution is 2.30. The molecule has 4 heterocycles. The van der Waals surface area contributed by atoms with Crippen LogP contribution in [0.5, 0.6) is 0 Å². The van der Waals surface area contributed by atoms with Crippen molar-refractivity contribution in [3.05, 3.63) is 0 Å². The van der Waals surface area contributed by atoms with Gasteiger partial charge in [0.05, 0.1) is 6.67 Å². The van der Waals surface area contributed by atoms with E-state index in [0.717, 1.165) is 24.2 Å². The van der Waals surface area contributed by atoms with Gasteiger partial charge in [-0.05, 0) is 26.3 Å². The molecule has 4 aliphatic heterocycles. The molecule has 0 aromatic heterocycles. The molecule has 4 fully saturated rings. The maximum atomic E-state index is 3.59. The Morgan fingerprint density at radius 1 is 1.06 bits per heavy atom. The van der Waals surface area contributed by atoms with Gasteiger partial charge in [0.15, 0.2) is 0 Å². The second-order valence-corrected chi connectivity index (χ2v) is 6.49. The Hall–Kier alpha value is -0.160. The topological polar surface area (TPSA) is 21.8 Å². The number of fused-ring (bicyclic) bond motifs is 4. The van der Waals surface area contributed by atoms with Crippen molar-refractivity contribution in [1.82, 2.24) is 20.0 Å². The summed E-state index contributed by atoms with van der Waals surface area (Å²) in [5.41, 5.74) is 0. The van der Waals surface area contributed by atoms with Crippen LogP contribution in [0.15, 0.2) is 0 Å². The van der Waals surface area contributed by atoms with Crippen molar-refractivity contribution >= 4 is 0 Å². The molecule has 0 aromatic carbocycles. The summed E-state index contributed by atoms with van der Waals surface area (Å²) in [5, 5.41) is 3.59. The molecule has 0 spiro atoms.